The van der Waals surface area contributed by atoms with E-state index >= 15 is 0 Å². The first-order valence-corrected chi connectivity index (χ1v) is 13.5. The van der Waals surface area contributed by atoms with Crippen LogP contribution >= 0.6 is 12.2 Å². The lowest BCUT2D eigenvalue weighted by atomic mass is 10.0. The number of ether oxygens (including phenoxy) is 1. The molecule has 2 N–H and O–H groups in total. The molecule has 0 saturated carbocycles. The molecule has 0 amide bonds. The molecule has 0 aliphatic carbocycles. The van der Waals surface area contributed by atoms with E-state index in [4.69, 9.17) is 17.0 Å². The van der Waals surface area contributed by atoms with Gasteiger partial charge in [0.25, 0.3) is 0 Å². The summed E-state index contributed by atoms with van der Waals surface area (Å²) in [5.41, 5.74) is 4.01. The molecule has 0 spiro atoms. The van der Waals surface area contributed by atoms with Gasteiger partial charge in [0.1, 0.15) is 11.8 Å². The monoisotopic (exact) mass is 519 g/mol. The number of pyridine rings is 1. The van der Waals surface area contributed by atoms with E-state index in [1.54, 1.807) is 18.3 Å². The van der Waals surface area contributed by atoms with Crippen LogP contribution in [0.2, 0.25) is 0 Å². The first kappa shape index (κ1) is 23.8. The van der Waals surface area contributed by atoms with Crippen LogP contribution in [0.15, 0.2) is 91.3 Å². The smallest absolute Gasteiger partial charge is 0.229 e. The zero-order valence-electron chi connectivity index (χ0n) is 19.7. The Morgan fingerprint density at radius 2 is 1.78 bits per heavy atom. The fourth-order valence-corrected chi connectivity index (χ4v) is 5.42. The highest BCUT2D eigenvalue weighted by Gasteiger charge is 2.42. The SMILES string of the molecule is COc1cc(N2C(=S)N[C@H](c3ccccn3)[C@@H]2c2cccn2-c2ccccc2)ccc1NS(C)(=O)=O. The number of sulfonamides is 1. The number of para-hydroxylation sites is 1. The predicted molar refractivity (Wildman–Crippen MR) is 145 cm³/mol. The number of anilines is 2. The highest BCUT2D eigenvalue weighted by Crippen LogP contribution is 2.43. The van der Waals surface area contributed by atoms with Crippen molar-refractivity contribution >= 4 is 38.7 Å². The van der Waals surface area contributed by atoms with Crippen LogP contribution in [0.25, 0.3) is 5.69 Å². The van der Waals surface area contributed by atoms with Crippen molar-refractivity contribution in [1.82, 2.24) is 14.9 Å². The van der Waals surface area contributed by atoms with Crippen LogP contribution in [0.1, 0.15) is 23.5 Å². The van der Waals surface area contributed by atoms with E-state index in [1.807, 2.05) is 59.6 Å². The summed E-state index contributed by atoms with van der Waals surface area (Å²) >= 11 is 5.84. The first-order valence-electron chi connectivity index (χ1n) is 11.2. The summed E-state index contributed by atoms with van der Waals surface area (Å²) in [6, 6.07) is 24.8. The Kier molecular flexibility index (Phi) is 6.38. The molecule has 2 aromatic heterocycles. The average molecular weight is 520 g/mol. The molecule has 2 atom stereocenters. The number of aromatic nitrogens is 2. The molecular formula is C26H25N5O3S2. The van der Waals surface area contributed by atoms with Crippen LogP contribution in [0.5, 0.6) is 5.75 Å². The molecule has 1 aliphatic heterocycles. The Balaban J connectivity index is 1.64. The van der Waals surface area contributed by atoms with Crippen molar-refractivity contribution in [2.45, 2.75) is 12.1 Å². The quantitative estimate of drug-likeness (QED) is 0.349. The molecule has 1 fully saturated rings. The maximum atomic E-state index is 11.8. The summed E-state index contributed by atoms with van der Waals surface area (Å²) in [7, 11) is -1.97. The number of rotatable bonds is 7. The molecule has 8 nitrogen and oxygen atoms in total. The van der Waals surface area contributed by atoms with Crippen LogP contribution in [-0.2, 0) is 10.0 Å². The number of benzene rings is 2. The van der Waals surface area contributed by atoms with Crippen molar-refractivity contribution in [3.05, 3.63) is 103 Å². The molecule has 2 aromatic carbocycles. The van der Waals surface area contributed by atoms with Crippen molar-refractivity contribution in [3.63, 3.8) is 0 Å². The van der Waals surface area contributed by atoms with Crippen molar-refractivity contribution in [3.8, 4) is 11.4 Å². The highest BCUT2D eigenvalue weighted by atomic mass is 32.2. The van der Waals surface area contributed by atoms with Gasteiger partial charge >= 0.3 is 0 Å². The second kappa shape index (κ2) is 9.63. The third kappa shape index (κ3) is 4.65. The number of hydrogen-bond acceptors (Lipinski definition) is 5. The summed E-state index contributed by atoms with van der Waals surface area (Å²) in [5.74, 6) is 0.388. The topological polar surface area (TPSA) is 88.5 Å². The Labute approximate surface area is 215 Å². The number of thiocarbonyl (C=S) groups is 1. The fourth-order valence-electron chi connectivity index (χ4n) is 4.51. The minimum absolute atomic E-state index is 0.226. The maximum Gasteiger partial charge on any atom is 0.229 e. The van der Waals surface area contributed by atoms with E-state index < -0.39 is 10.0 Å². The van der Waals surface area contributed by atoms with E-state index in [9.17, 15) is 8.42 Å². The summed E-state index contributed by atoms with van der Waals surface area (Å²) in [6.07, 6.45) is 4.90. The third-order valence-corrected chi connectivity index (χ3v) is 6.88. The summed E-state index contributed by atoms with van der Waals surface area (Å²) in [5, 5.41) is 3.99. The molecule has 10 heteroatoms. The average Bonchev–Trinajstić information content (AvgIpc) is 3.49. The summed E-state index contributed by atoms with van der Waals surface area (Å²) in [4.78, 5) is 6.64. The van der Waals surface area contributed by atoms with E-state index in [0.717, 1.165) is 29.0 Å². The second-order valence-electron chi connectivity index (χ2n) is 8.39. The van der Waals surface area contributed by atoms with Crippen LogP contribution < -0.4 is 19.7 Å². The number of hydrogen-bond donors (Lipinski definition) is 2. The normalized spacial score (nSPS) is 17.6. The molecule has 0 radical (unpaired) electrons. The van der Waals surface area contributed by atoms with E-state index in [-0.39, 0.29) is 12.1 Å². The van der Waals surface area contributed by atoms with Gasteiger partial charge in [-0.3, -0.25) is 9.71 Å². The lowest BCUT2D eigenvalue weighted by Crippen LogP contribution is -2.30. The molecule has 1 saturated heterocycles. The number of methoxy groups -OCH3 is 1. The lowest BCUT2D eigenvalue weighted by molar-refractivity contribution is 0.417. The Bertz CT molecular complexity index is 1490. The van der Waals surface area contributed by atoms with Gasteiger partial charge < -0.3 is 19.5 Å². The van der Waals surface area contributed by atoms with Crippen LogP contribution in [0.3, 0.4) is 0 Å². The Morgan fingerprint density at radius 3 is 2.47 bits per heavy atom. The van der Waals surface area contributed by atoms with Crippen LogP contribution in [0.4, 0.5) is 11.4 Å². The maximum absolute atomic E-state index is 11.8. The number of nitrogens with zero attached hydrogens (tertiary/aromatic N) is 3. The lowest BCUT2D eigenvalue weighted by Gasteiger charge is -2.29. The van der Waals surface area contributed by atoms with Gasteiger partial charge in [-0.15, -0.1) is 0 Å². The van der Waals surface area contributed by atoms with Crippen LogP contribution in [-0.4, -0.2) is 36.4 Å². The van der Waals surface area contributed by atoms with Gasteiger partial charge in [-0.05, 0) is 60.7 Å². The largest absolute Gasteiger partial charge is 0.494 e. The molecule has 4 aromatic rings. The van der Waals surface area contributed by atoms with Gasteiger partial charge in [0.2, 0.25) is 10.0 Å². The van der Waals surface area contributed by atoms with Gasteiger partial charge in [0, 0.05) is 35.5 Å². The van der Waals surface area contributed by atoms with Gasteiger partial charge in [-0.25, -0.2) is 8.42 Å². The molecule has 3 heterocycles. The zero-order chi connectivity index (χ0) is 25.3. The molecule has 36 heavy (non-hydrogen) atoms. The van der Waals surface area contributed by atoms with E-state index in [0.29, 0.717) is 16.5 Å². The highest BCUT2D eigenvalue weighted by molar-refractivity contribution is 7.92. The van der Waals surface area contributed by atoms with Crippen LogP contribution in [0, 0.1) is 0 Å². The van der Waals surface area contributed by atoms with Gasteiger partial charge in [-0.1, -0.05) is 24.3 Å². The van der Waals surface area contributed by atoms with Crippen molar-refractivity contribution in [2.75, 3.05) is 23.0 Å². The molecule has 184 valence electrons. The molecule has 5 rings (SSSR count). The van der Waals surface area contributed by atoms with Crippen molar-refractivity contribution in [1.29, 1.82) is 0 Å². The van der Waals surface area contributed by atoms with Crippen molar-refractivity contribution in [2.24, 2.45) is 0 Å². The predicted octanol–water partition coefficient (Wildman–Crippen LogP) is 4.43. The molecule has 0 bridgehead atoms. The van der Waals surface area contributed by atoms with Gasteiger partial charge in [0.05, 0.1) is 30.8 Å². The minimum atomic E-state index is -3.47. The zero-order valence-corrected chi connectivity index (χ0v) is 21.3. The van der Waals surface area contributed by atoms with E-state index in [1.165, 1.54) is 7.11 Å². The summed E-state index contributed by atoms with van der Waals surface area (Å²) in [6.45, 7) is 0. The number of nitrogens with one attached hydrogen (secondary N) is 2. The Morgan fingerprint density at radius 1 is 1.00 bits per heavy atom. The molecule has 1 aliphatic rings. The summed E-state index contributed by atoms with van der Waals surface area (Å²) < 4.78 is 33.8. The Hall–Kier alpha value is -3.89. The first-order chi connectivity index (χ1) is 17.4. The second-order valence-corrected chi connectivity index (χ2v) is 10.5. The molecular weight excluding hydrogens is 494 g/mol. The van der Waals surface area contributed by atoms with Crippen molar-refractivity contribution < 1.29 is 13.2 Å². The third-order valence-electron chi connectivity index (χ3n) is 5.97. The molecule has 0 unspecified atom stereocenters. The van der Waals surface area contributed by atoms with Gasteiger partial charge in [-0.2, -0.15) is 0 Å². The minimum Gasteiger partial charge on any atom is -0.494 e. The standard InChI is InChI=1S/C26H25N5O3S2/c1-34-23-17-19(13-14-20(23)29-36(2,32)33)31-25(24(28-26(31)35)21-11-6-7-15-27-21)22-12-8-16-30(22)18-9-4-3-5-10-18/h3-17,24-25,29H,1-2H3,(H,28,35)/t24-,25+/m1/s1. The van der Waals surface area contributed by atoms with Gasteiger partial charge in [0.15, 0.2) is 5.11 Å². The fraction of sp³-hybridized carbons (Fsp3) is 0.154. The van der Waals surface area contributed by atoms with E-state index in [2.05, 4.69) is 37.8 Å².